The standard InChI is InChI=1S/C22H22Cl2N2O4S2/c1-14-18(24)8-9-19-21(14)25-22(31-19)26(13-16-3-2-11-30-16)20(27)10-12-32(28,29)17-6-4-15(23)5-7-17/h4-9,16H,2-3,10-13H2,1H3. The molecule has 170 valence electrons. The van der Waals surface area contributed by atoms with Crippen molar-refractivity contribution in [2.24, 2.45) is 0 Å². The van der Waals surface area contributed by atoms with Gasteiger partial charge in [0.25, 0.3) is 0 Å². The lowest BCUT2D eigenvalue weighted by atomic mass is 10.2. The van der Waals surface area contributed by atoms with Crippen molar-refractivity contribution in [1.82, 2.24) is 4.98 Å². The quantitative estimate of drug-likeness (QED) is 0.429. The first-order chi connectivity index (χ1) is 15.2. The molecule has 1 amide bonds. The van der Waals surface area contributed by atoms with Crippen molar-refractivity contribution in [2.75, 3.05) is 23.8 Å². The highest BCUT2D eigenvalue weighted by molar-refractivity contribution is 7.91. The van der Waals surface area contributed by atoms with E-state index in [1.165, 1.54) is 35.6 Å². The highest BCUT2D eigenvalue weighted by Gasteiger charge is 2.28. The maximum atomic E-state index is 13.2. The van der Waals surface area contributed by atoms with Crippen LogP contribution >= 0.6 is 34.5 Å². The third-order valence-corrected chi connectivity index (χ3v) is 8.87. The van der Waals surface area contributed by atoms with Crippen LogP contribution in [0.3, 0.4) is 0 Å². The molecular weight excluding hydrogens is 491 g/mol. The molecule has 4 rings (SSSR count). The Bertz CT molecular complexity index is 1240. The Morgan fingerprint density at radius 3 is 2.66 bits per heavy atom. The molecule has 1 atom stereocenters. The SMILES string of the molecule is Cc1c(Cl)ccc2sc(N(CC3CCCO3)C(=O)CCS(=O)(=O)c3ccc(Cl)cc3)nc12. The van der Waals surface area contributed by atoms with E-state index in [0.717, 1.165) is 28.6 Å². The second kappa shape index (κ2) is 9.65. The average molecular weight is 513 g/mol. The van der Waals surface area contributed by atoms with E-state index < -0.39 is 9.84 Å². The number of carbonyl (C=O) groups is 1. The maximum Gasteiger partial charge on any atom is 0.229 e. The lowest BCUT2D eigenvalue weighted by Crippen LogP contribution is -2.38. The number of ether oxygens (including phenoxy) is 1. The van der Waals surface area contributed by atoms with E-state index in [-0.39, 0.29) is 29.1 Å². The highest BCUT2D eigenvalue weighted by Crippen LogP contribution is 2.34. The Hall–Kier alpha value is -1.71. The van der Waals surface area contributed by atoms with Crippen LogP contribution in [0.2, 0.25) is 10.0 Å². The lowest BCUT2D eigenvalue weighted by molar-refractivity contribution is -0.118. The third kappa shape index (κ3) is 5.10. The number of rotatable bonds is 7. The molecule has 0 saturated carbocycles. The van der Waals surface area contributed by atoms with Gasteiger partial charge in [0.05, 0.1) is 33.5 Å². The molecule has 1 fully saturated rings. The maximum absolute atomic E-state index is 13.2. The van der Waals surface area contributed by atoms with Gasteiger partial charge in [0.15, 0.2) is 15.0 Å². The zero-order valence-corrected chi connectivity index (χ0v) is 20.5. The van der Waals surface area contributed by atoms with Crippen molar-refractivity contribution in [3.8, 4) is 0 Å². The normalized spacial score (nSPS) is 16.5. The fourth-order valence-corrected chi connectivity index (χ4v) is 6.16. The van der Waals surface area contributed by atoms with Crippen LogP contribution in [0, 0.1) is 6.92 Å². The molecule has 1 aliphatic rings. The number of fused-ring (bicyclic) bond motifs is 1. The number of halogens is 2. The minimum absolute atomic E-state index is 0.0940. The number of aryl methyl sites for hydroxylation is 1. The summed E-state index contributed by atoms with van der Waals surface area (Å²) in [6, 6.07) is 9.64. The number of aromatic nitrogens is 1. The van der Waals surface area contributed by atoms with Gasteiger partial charge in [-0.25, -0.2) is 13.4 Å². The molecule has 2 heterocycles. The van der Waals surface area contributed by atoms with Crippen molar-refractivity contribution >= 4 is 65.6 Å². The van der Waals surface area contributed by atoms with Gasteiger partial charge in [0.1, 0.15) is 0 Å². The van der Waals surface area contributed by atoms with Gasteiger partial charge >= 0.3 is 0 Å². The monoisotopic (exact) mass is 512 g/mol. The number of benzene rings is 2. The van der Waals surface area contributed by atoms with Gasteiger partial charge in [-0.15, -0.1) is 0 Å². The molecular formula is C22H22Cl2N2O4S2. The molecule has 0 radical (unpaired) electrons. The van der Waals surface area contributed by atoms with Crippen molar-refractivity contribution in [1.29, 1.82) is 0 Å². The summed E-state index contributed by atoms with van der Waals surface area (Å²) < 4.78 is 32.1. The molecule has 1 saturated heterocycles. The summed E-state index contributed by atoms with van der Waals surface area (Å²) in [6.45, 7) is 2.89. The van der Waals surface area contributed by atoms with Gasteiger partial charge in [0, 0.05) is 23.1 Å². The Kier molecular flexibility index (Phi) is 7.07. The molecule has 0 bridgehead atoms. The van der Waals surface area contributed by atoms with Gasteiger partial charge in [-0.2, -0.15) is 0 Å². The van der Waals surface area contributed by atoms with E-state index in [1.54, 1.807) is 4.90 Å². The summed E-state index contributed by atoms with van der Waals surface area (Å²) in [5.41, 5.74) is 1.60. The predicted octanol–water partition coefficient (Wildman–Crippen LogP) is 5.29. The van der Waals surface area contributed by atoms with E-state index >= 15 is 0 Å². The molecule has 1 unspecified atom stereocenters. The van der Waals surface area contributed by atoms with Gasteiger partial charge in [-0.1, -0.05) is 34.5 Å². The summed E-state index contributed by atoms with van der Waals surface area (Å²) in [4.78, 5) is 19.6. The zero-order chi connectivity index (χ0) is 22.9. The largest absolute Gasteiger partial charge is 0.376 e. The first kappa shape index (κ1) is 23.4. The van der Waals surface area contributed by atoms with Crippen LogP contribution in [0.25, 0.3) is 10.2 Å². The molecule has 3 aromatic rings. The van der Waals surface area contributed by atoms with E-state index in [0.29, 0.717) is 28.3 Å². The Balaban J connectivity index is 1.58. The zero-order valence-electron chi connectivity index (χ0n) is 17.4. The van der Waals surface area contributed by atoms with Crippen LogP contribution < -0.4 is 4.90 Å². The van der Waals surface area contributed by atoms with E-state index in [4.69, 9.17) is 27.9 Å². The van der Waals surface area contributed by atoms with Crippen LogP contribution in [0.4, 0.5) is 5.13 Å². The summed E-state index contributed by atoms with van der Waals surface area (Å²) in [5.74, 6) is -0.605. The first-order valence-electron chi connectivity index (χ1n) is 10.2. The second-order valence-electron chi connectivity index (χ2n) is 7.68. The number of anilines is 1. The summed E-state index contributed by atoms with van der Waals surface area (Å²) in [6.07, 6.45) is 1.53. The Morgan fingerprint density at radius 1 is 1.22 bits per heavy atom. The van der Waals surface area contributed by atoms with Crippen LogP contribution in [0.15, 0.2) is 41.3 Å². The summed E-state index contributed by atoms with van der Waals surface area (Å²) in [7, 11) is -3.62. The molecule has 1 aromatic heterocycles. The smallest absolute Gasteiger partial charge is 0.229 e. The number of hydrogen-bond donors (Lipinski definition) is 0. The van der Waals surface area contributed by atoms with Crippen LogP contribution in [0.5, 0.6) is 0 Å². The number of hydrogen-bond acceptors (Lipinski definition) is 6. The molecule has 10 heteroatoms. The topological polar surface area (TPSA) is 76.6 Å². The van der Waals surface area contributed by atoms with Crippen LogP contribution in [0.1, 0.15) is 24.8 Å². The van der Waals surface area contributed by atoms with Gasteiger partial charge in [-0.05, 0) is 61.7 Å². The van der Waals surface area contributed by atoms with Crippen molar-refractivity contribution in [3.63, 3.8) is 0 Å². The summed E-state index contributed by atoms with van der Waals surface area (Å²) >= 11 is 13.5. The molecule has 1 aliphatic heterocycles. The first-order valence-corrected chi connectivity index (χ1v) is 13.4. The fraction of sp³-hybridized carbons (Fsp3) is 0.364. The Morgan fingerprint density at radius 2 is 1.97 bits per heavy atom. The fourth-order valence-electron chi connectivity index (χ4n) is 3.60. The van der Waals surface area contributed by atoms with Crippen molar-refractivity contribution in [2.45, 2.75) is 37.2 Å². The molecule has 0 aliphatic carbocycles. The average Bonchev–Trinajstić information content (AvgIpc) is 3.43. The molecule has 6 nitrogen and oxygen atoms in total. The number of amides is 1. The van der Waals surface area contributed by atoms with Gasteiger partial charge in [0.2, 0.25) is 5.91 Å². The summed E-state index contributed by atoms with van der Waals surface area (Å²) in [5, 5.41) is 1.59. The minimum Gasteiger partial charge on any atom is -0.376 e. The lowest BCUT2D eigenvalue weighted by Gasteiger charge is -2.23. The van der Waals surface area contributed by atoms with Crippen molar-refractivity contribution in [3.05, 3.63) is 52.0 Å². The number of nitrogens with zero attached hydrogens (tertiary/aromatic N) is 2. The van der Waals surface area contributed by atoms with Crippen LogP contribution in [-0.4, -0.2) is 44.3 Å². The van der Waals surface area contributed by atoms with Crippen LogP contribution in [-0.2, 0) is 19.4 Å². The minimum atomic E-state index is -3.62. The van der Waals surface area contributed by atoms with Crippen molar-refractivity contribution < 1.29 is 17.9 Å². The van der Waals surface area contributed by atoms with E-state index in [2.05, 4.69) is 4.98 Å². The highest BCUT2D eigenvalue weighted by atomic mass is 35.5. The molecule has 2 aromatic carbocycles. The number of thiazole rings is 1. The predicted molar refractivity (Wildman–Crippen MR) is 129 cm³/mol. The molecule has 0 N–H and O–H groups in total. The third-order valence-electron chi connectivity index (χ3n) is 5.44. The molecule has 32 heavy (non-hydrogen) atoms. The van der Waals surface area contributed by atoms with E-state index in [9.17, 15) is 13.2 Å². The van der Waals surface area contributed by atoms with Gasteiger partial charge in [-0.3, -0.25) is 9.69 Å². The Labute approximate surface area is 201 Å². The molecule has 0 spiro atoms. The number of sulfone groups is 1. The second-order valence-corrected chi connectivity index (χ2v) is 11.6. The number of carbonyl (C=O) groups excluding carboxylic acids is 1. The van der Waals surface area contributed by atoms with E-state index in [1.807, 2.05) is 19.1 Å². The van der Waals surface area contributed by atoms with Gasteiger partial charge < -0.3 is 4.74 Å².